The summed E-state index contributed by atoms with van der Waals surface area (Å²) in [6, 6.07) is 9.09. The first-order chi connectivity index (χ1) is 10.1. The second-order valence-electron chi connectivity index (χ2n) is 6.27. The normalized spacial score (nSPS) is 18.9. The predicted molar refractivity (Wildman–Crippen MR) is 87.1 cm³/mol. The fraction of sp³-hybridized carbons (Fsp3) is 0.611. The molecule has 0 heterocycles. The highest BCUT2D eigenvalue weighted by molar-refractivity contribution is 5.76. The van der Waals surface area contributed by atoms with Gasteiger partial charge in [-0.3, -0.25) is 4.79 Å². The lowest BCUT2D eigenvalue weighted by Crippen LogP contribution is -2.44. The zero-order chi connectivity index (χ0) is 15.2. The quantitative estimate of drug-likeness (QED) is 0.875. The third-order valence-corrected chi connectivity index (χ3v) is 4.36. The summed E-state index contributed by atoms with van der Waals surface area (Å²) >= 11 is 0. The van der Waals surface area contributed by atoms with Crippen LogP contribution in [0.1, 0.15) is 50.7 Å². The molecule has 0 aromatic heterocycles. The van der Waals surface area contributed by atoms with Crippen molar-refractivity contribution in [2.45, 2.75) is 64.5 Å². The fourth-order valence-corrected chi connectivity index (χ4v) is 3.19. The Morgan fingerprint density at radius 3 is 2.76 bits per heavy atom. The molecule has 2 atom stereocenters. The lowest BCUT2D eigenvalue weighted by Gasteiger charge is -2.35. The number of hydrogen-bond donors (Lipinski definition) is 1. The number of aryl methyl sites for hydroxylation is 1. The van der Waals surface area contributed by atoms with Gasteiger partial charge in [-0.1, -0.05) is 31.2 Å². The lowest BCUT2D eigenvalue weighted by molar-refractivity contribution is -0.134. The Morgan fingerprint density at radius 2 is 2.10 bits per heavy atom. The van der Waals surface area contributed by atoms with Crippen LogP contribution in [0.4, 0.5) is 0 Å². The van der Waals surface area contributed by atoms with Crippen molar-refractivity contribution in [1.82, 2.24) is 4.90 Å². The van der Waals surface area contributed by atoms with Crippen molar-refractivity contribution in [3.63, 3.8) is 0 Å². The van der Waals surface area contributed by atoms with E-state index in [-0.39, 0.29) is 11.9 Å². The van der Waals surface area contributed by atoms with Crippen LogP contribution in [0, 0.1) is 0 Å². The van der Waals surface area contributed by atoms with Gasteiger partial charge in [0.15, 0.2) is 0 Å². The van der Waals surface area contributed by atoms with Crippen LogP contribution >= 0.6 is 0 Å². The molecule has 0 fully saturated rings. The maximum absolute atomic E-state index is 12.5. The molecular weight excluding hydrogens is 260 g/mol. The van der Waals surface area contributed by atoms with Gasteiger partial charge >= 0.3 is 0 Å². The Kier molecular flexibility index (Phi) is 5.80. The first-order valence-electron chi connectivity index (χ1n) is 8.23. The van der Waals surface area contributed by atoms with Crippen molar-refractivity contribution in [2.24, 2.45) is 5.73 Å². The van der Waals surface area contributed by atoms with E-state index in [0.717, 1.165) is 38.6 Å². The SMILES string of the molecule is CCCN(C(=O)CCC(C)N)C1CCc2ccccc2C1. The molecule has 1 aliphatic carbocycles. The largest absolute Gasteiger partial charge is 0.339 e. The summed E-state index contributed by atoms with van der Waals surface area (Å²) in [5.74, 6) is 0.276. The van der Waals surface area contributed by atoms with Crippen LogP contribution in [-0.2, 0) is 17.6 Å². The third kappa shape index (κ3) is 4.31. The minimum absolute atomic E-state index is 0.101. The summed E-state index contributed by atoms with van der Waals surface area (Å²) in [5, 5.41) is 0. The average Bonchev–Trinajstić information content (AvgIpc) is 2.49. The van der Waals surface area contributed by atoms with E-state index in [9.17, 15) is 4.79 Å². The van der Waals surface area contributed by atoms with Crippen molar-refractivity contribution in [2.75, 3.05) is 6.54 Å². The number of amides is 1. The monoisotopic (exact) mass is 288 g/mol. The lowest BCUT2D eigenvalue weighted by atomic mass is 9.87. The number of hydrogen-bond acceptors (Lipinski definition) is 2. The van der Waals surface area contributed by atoms with Crippen LogP contribution in [0.15, 0.2) is 24.3 Å². The molecule has 0 radical (unpaired) electrons. The standard InChI is InChI=1S/C18H28N2O/c1-3-12-20(18(21)11-8-14(2)19)17-10-9-15-6-4-5-7-16(15)13-17/h4-7,14,17H,3,8-13,19H2,1-2H3. The molecule has 0 bridgehead atoms. The molecule has 2 unspecified atom stereocenters. The summed E-state index contributed by atoms with van der Waals surface area (Å²) in [6.45, 7) is 4.97. The zero-order valence-corrected chi connectivity index (χ0v) is 13.3. The Hall–Kier alpha value is -1.35. The van der Waals surface area contributed by atoms with Crippen molar-refractivity contribution >= 4 is 5.91 Å². The molecule has 0 saturated carbocycles. The van der Waals surface area contributed by atoms with Gasteiger partial charge in [0.2, 0.25) is 5.91 Å². The smallest absolute Gasteiger partial charge is 0.222 e. The molecule has 2 rings (SSSR count). The highest BCUT2D eigenvalue weighted by atomic mass is 16.2. The van der Waals surface area contributed by atoms with Crippen LogP contribution in [0.5, 0.6) is 0 Å². The van der Waals surface area contributed by atoms with Crippen molar-refractivity contribution in [3.05, 3.63) is 35.4 Å². The van der Waals surface area contributed by atoms with Crippen LogP contribution in [0.25, 0.3) is 0 Å². The Bertz CT molecular complexity index is 470. The highest BCUT2D eigenvalue weighted by Gasteiger charge is 2.26. The average molecular weight is 288 g/mol. The molecule has 1 amide bonds. The maximum Gasteiger partial charge on any atom is 0.222 e. The molecule has 1 aliphatic rings. The summed E-state index contributed by atoms with van der Waals surface area (Å²) in [7, 11) is 0. The second kappa shape index (κ2) is 7.60. The highest BCUT2D eigenvalue weighted by Crippen LogP contribution is 2.25. The van der Waals surface area contributed by atoms with E-state index < -0.39 is 0 Å². The van der Waals surface area contributed by atoms with Gasteiger partial charge in [-0.15, -0.1) is 0 Å². The van der Waals surface area contributed by atoms with E-state index in [1.54, 1.807) is 0 Å². The molecule has 2 N–H and O–H groups in total. The molecule has 116 valence electrons. The number of nitrogens with two attached hydrogens (primary N) is 1. The summed E-state index contributed by atoms with van der Waals surface area (Å²) in [4.78, 5) is 14.6. The van der Waals surface area contributed by atoms with Gasteiger partial charge in [-0.05, 0) is 50.2 Å². The summed E-state index contributed by atoms with van der Waals surface area (Å²) < 4.78 is 0. The Balaban J connectivity index is 2.03. The van der Waals surface area contributed by atoms with Crippen LogP contribution in [-0.4, -0.2) is 29.4 Å². The maximum atomic E-state index is 12.5. The summed E-state index contributed by atoms with van der Waals surface area (Å²) in [6.07, 6.45) is 5.54. The van der Waals surface area contributed by atoms with E-state index in [2.05, 4.69) is 36.1 Å². The molecule has 21 heavy (non-hydrogen) atoms. The van der Waals surface area contributed by atoms with E-state index in [0.29, 0.717) is 12.5 Å². The Morgan fingerprint density at radius 1 is 1.38 bits per heavy atom. The van der Waals surface area contributed by atoms with E-state index in [1.165, 1.54) is 11.1 Å². The Labute approximate surface area is 128 Å². The minimum atomic E-state index is 0.101. The molecule has 0 saturated heterocycles. The number of benzene rings is 1. The summed E-state index contributed by atoms with van der Waals surface area (Å²) in [5.41, 5.74) is 8.65. The fourth-order valence-electron chi connectivity index (χ4n) is 3.19. The van der Waals surface area contributed by atoms with Crippen molar-refractivity contribution < 1.29 is 4.79 Å². The van der Waals surface area contributed by atoms with Gasteiger partial charge in [0.05, 0.1) is 0 Å². The number of fused-ring (bicyclic) bond motifs is 1. The van der Waals surface area contributed by atoms with Crippen LogP contribution in [0.2, 0.25) is 0 Å². The molecule has 0 spiro atoms. The third-order valence-electron chi connectivity index (χ3n) is 4.36. The second-order valence-corrected chi connectivity index (χ2v) is 6.27. The van der Waals surface area contributed by atoms with E-state index in [1.807, 2.05) is 6.92 Å². The van der Waals surface area contributed by atoms with Crippen molar-refractivity contribution in [1.29, 1.82) is 0 Å². The first-order valence-corrected chi connectivity index (χ1v) is 8.23. The predicted octanol–water partition coefficient (Wildman–Crippen LogP) is 2.91. The van der Waals surface area contributed by atoms with Crippen molar-refractivity contribution in [3.8, 4) is 0 Å². The molecule has 3 heteroatoms. The van der Waals surface area contributed by atoms with E-state index in [4.69, 9.17) is 5.73 Å². The van der Waals surface area contributed by atoms with Gasteiger partial charge < -0.3 is 10.6 Å². The van der Waals surface area contributed by atoms with Gasteiger partial charge in [0.1, 0.15) is 0 Å². The molecule has 1 aromatic carbocycles. The van der Waals surface area contributed by atoms with Crippen LogP contribution < -0.4 is 5.73 Å². The molecular formula is C18H28N2O. The molecule has 0 aliphatic heterocycles. The van der Waals surface area contributed by atoms with E-state index >= 15 is 0 Å². The van der Waals surface area contributed by atoms with Gasteiger partial charge in [-0.25, -0.2) is 0 Å². The number of carbonyl (C=O) groups excluding carboxylic acids is 1. The number of nitrogens with zero attached hydrogens (tertiary/aromatic N) is 1. The van der Waals surface area contributed by atoms with Gasteiger partial charge in [-0.2, -0.15) is 0 Å². The number of rotatable bonds is 6. The first kappa shape index (κ1) is 16.0. The van der Waals surface area contributed by atoms with Gasteiger partial charge in [0.25, 0.3) is 0 Å². The zero-order valence-electron chi connectivity index (χ0n) is 13.3. The molecule has 3 nitrogen and oxygen atoms in total. The topological polar surface area (TPSA) is 46.3 Å². The molecule has 1 aromatic rings. The van der Waals surface area contributed by atoms with Gasteiger partial charge in [0, 0.05) is 25.0 Å². The van der Waals surface area contributed by atoms with Crippen LogP contribution in [0.3, 0.4) is 0 Å². The number of carbonyl (C=O) groups is 1. The minimum Gasteiger partial charge on any atom is -0.339 e.